The third kappa shape index (κ3) is 6.05. The van der Waals surface area contributed by atoms with Crippen molar-refractivity contribution in [2.45, 2.75) is 54.4 Å². The second kappa shape index (κ2) is 13.0. The zero-order chi connectivity index (χ0) is 32.1. The normalized spacial score (nSPS) is 12.1. The van der Waals surface area contributed by atoms with Gasteiger partial charge in [-0.3, -0.25) is 4.68 Å². The van der Waals surface area contributed by atoms with Crippen LogP contribution in [0, 0.1) is 45.7 Å². The monoisotopic (exact) mass is 797 g/mol. The SMILES string of the molecule is Cc1cc(Oc2[c-]c3c(cc2)c2cc(C(C)C(C)C)ccc2n3-c2cc(C)ccn2)[c-]c(-n2nc(C)c(-c3ccccc3)c2C)c1.[Pt+2]. The maximum atomic E-state index is 6.51. The first-order chi connectivity index (χ1) is 22.2. The van der Waals surface area contributed by atoms with Crippen molar-refractivity contribution in [3.63, 3.8) is 0 Å². The molecule has 0 aliphatic carbocycles. The summed E-state index contributed by atoms with van der Waals surface area (Å²) in [5, 5.41) is 7.21. The Bertz CT molecular complexity index is 2230. The summed E-state index contributed by atoms with van der Waals surface area (Å²) in [6.07, 6.45) is 1.86. The molecule has 3 aromatic heterocycles. The van der Waals surface area contributed by atoms with E-state index in [1.807, 2.05) is 35.1 Å². The summed E-state index contributed by atoms with van der Waals surface area (Å²) in [7, 11) is 0. The largest absolute Gasteiger partial charge is 2.00 e. The van der Waals surface area contributed by atoms with Gasteiger partial charge in [-0.05, 0) is 78.6 Å². The summed E-state index contributed by atoms with van der Waals surface area (Å²) in [4.78, 5) is 4.76. The van der Waals surface area contributed by atoms with Gasteiger partial charge in [0.1, 0.15) is 5.82 Å². The van der Waals surface area contributed by atoms with Gasteiger partial charge in [0.05, 0.1) is 5.69 Å². The number of aromatic nitrogens is 4. The van der Waals surface area contributed by atoms with Gasteiger partial charge in [0.25, 0.3) is 0 Å². The number of benzene rings is 4. The molecule has 47 heavy (non-hydrogen) atoms. The number of nitrogens with zero attached hydrogens (tertiary/aromatic N) is 4. The van der Waals surface area contributed by atoms with E-state index in [4.69, 9.17) is 14.8 Å². The van der Waals surface area contributed by atoms with Crippen LogP contribution in [-0.2, 0) is 21.1 Å². The van der Waals surface area contributed by atoms with Crippen LogP contribution < -0.4 is 4.74 Å². The first kappa shape index (κ1) is 32.5. The van der Waals surface area contributed by atoms with E-state index in [0.29, 0.717) is 23.3 Å². The van der Waals surface area contributed by atoms with E-state index < -0.39 is 0 Å². The van der Waals surface area contributed by atoms with Crippen LogP contribution in [0.4, 0.5) is 0 Å². The third-order valence-electron chi connectivity index (χ3n) is 9.11. The molecule has 238 valence electrons. The van der Waals surface area contributed by atoms with Gasteiger partial charge in [0.2, 0.25) is 0 Å². The Balaban J connectivity index is 0.00000386. The molecule has 1 unspecified atom stereocenters. The fraction of sp³-hybridized carbons (Fsp3) is 0.220. The first-order valence-corrected chi connectivity index (χ1v) is 15.9. The molecule has 0 N–H and O–H groups in total. The minimum atomic E-state index is 0. The third-order valence-corrected chi connectivity index (χ3v) is 9.11. The zero-order valence-corrected chi connectivity index (χ0v) is 30.1. The van der Waals surface area contributed by atoms with Crippen LogP contribution in [-0.4, -0.2) is 19.3 Å². The molecule has 4 aromatic carbocycles. The molecular weight excluding hydrogens is 760 g/mol. The smallest absolute Gasteiger partial charge is 0.509 e. The van der Waals surface area contributed by atoms with Crippen LogP contribution in [0.1, 0.15) is 54.8 Å². The van der Waals surface area contributed by atoms with Crippen LogP contribution in [0.2, 0.25) is 0 Å². The van der Waals surface area contributed by atoms with Crippen molar-refractivity contribution in [1.82, 2.24) is 19.3 Å². The average Bonchev–Trinajstić information content (AvgIpc) is 3.52. The number of aryl methyl sites for hydroxylation is 3. The molecule has 0 aliphatic heterocycles. The number of hydrogen-bond donors (Lipinski definition) is 0. The molecule has 0 bridgehead atoms. The second-order valence-electron chi connectivity index (χ2n) is 12.8. The van der Waals surface area contributed by atoms with Gasteiger partial charge in [0.15, 0.2) is 0 Å². The quantitative estimate of drug-likeness (QED) is 0.151. The fourth-order valence-electron chi connectivity index (χ4n) is 6.40. The van der Waals surface area contributed by atoms with Crippen molar-refractivity contribution in [3.05, 3.63) is 131 Å². The van der Waals surface area contributed by atoms with Crippen LogP contribution in [0.5, 0.6) is 11.5 Å². The Hall–Kier alpha value is -4.47. The number of hydrogen-bond acceptors (Lipinski definition) is 3. The van der Waals surface area contributed by atoms with Crippen LogP contribution in [0.15, 0.2) is 91.1 Å². The van der Waals surface area contributed by atoms with E-state index in [0.717, 1.165) is 61.6 Å². The topological polar surface area (TPSA) is 44.9 Å². The maximum absolute atomic E-state index is 6.51. The van der Waals surface area contributed by atoms with Crippen molar-refractivity contribution in [2.75, 3.05) is 0 Å². The molecular formula is C41H38N4OPt. The predicted molar refractivity (Wildman–Crippen MR) is 188 cm³/mol. The van der Waals surface area contributed by atoms with Gasteiger partial charge in [-0.2, -0.15) is 16.7 Å². The van der Waals surface area contributed by atoms with E-state index in [9.17, 15) is 0 Å². The van der Waals surface area contributed by atoms with Gasteiger partial charge >= 0.3 is 21.1 Å². The second-order valence-corrected chi connectivity index (χ2v) is 12.8. The molecule has 0 aliphatic rings. The van der Waals surface area contributed by atoms with Gasteiger partial charge in [-0.15, -0.1) is 35.7 Å². The minimum Gasteiger partial charge on any atom is -0.509 e. The van der Waals surface area contributed by atoms with Gasteiger partial charge < -0.3 is 9.30 Å². The Kier molecular flexibility index (Phi) is 8.96. The molecule has 0 fully saturated rings. The number of pyridine rings is 1. The fourth-order valence-corrected chi connectivity index (χ4v) is 6.40. The molecule has 6 heteroatoms. The predicted octanol–water partition coefficient (Wildman–Crippen LogP) is 10.4. The molecule has 0 saturated heterocycles. The molecule has 0 spiro atoms. The summed E-state index contributed by atoms with van der Waals surface area (Å²) in [5.41, 5.74) is 10.7. The maximum Gasteiger partial charge on any atom is 2.00 e. The van der Waals surface area contributed by atoms with E-state index in [2.05, 4.69) is 126 Å². The molecule has 0 amide bonds. The molecule has 7 rings (SSSR count). The van der Waals surface area contributed by atoms with E-state index in [1.165, 1.54) is 10.9 Å². The summed E-state index contributed by atoms with van der Waals surface area (Å²) >= 11 is 0. The zero-order valence-electron chi connectivity index (χ0n) is 27.8. The van der Waals surface area contributed by atoms with Crippen molar-refractivity contribution < 1.29 is 25.8 Å². The minimum absolute atomic E-state index is 0. The molecule has 1 atom stereocenters. The number of fused-ring (bicyclic) bond motifs is 3. The van der Waals surface area contributed by atoms with Gasteiger partial charge in [-0.25, -0.2) is 4.98 Å². The van der Waals surface area contributed by atoms with Gasteiger partial charge in [0, 0.05) is 34.5 Å². The van der Waals surface area contributed by atoms with E-state index in [1.54, 1.807) is 0 Å². The Labute approximate surface area is 291 Å². The molecule has 0 radical (unpaired) electrons. The van der Waals surface area contributed by atoms with E-state index in [-0.39, 0.29) is 21.1 Å². The molecule has 3 heterocycles. The number of rotatable bonds is 7. The summed E-state index contributed by atoms with van der Waals surface area (Å²) in [6.45, 7) is 15.2. The van der Waals surface area contributed by atoms with Crippen molar-refractivity contribution >= 4 is 21.8 Å². The molecule has 7 aromatic rings. The Morgan fingerprint density at radius 2 is 1.53 bits per heavy atom. The van der Waals surface area contributed by atoms with Crippen LogP contribution in [0.3, 0.4) is 0 Å². The molecule has 0 saturated carbocycles. The summed E-state index contributed by atoms with van der Waals surface area (Å²) in [5.74, 6) is 3.09. The van der Waals surface area contributed by atoms with Crippen LogP contribution in [0.25, 0.3) is 44.4 Å². The Morgan fingerprint density at radius 1 is 0.745 bits per heavy atom. The summed E-state index contributed by atoms with van der Waals surface area (Å²) < 4.78 is 10.7. The van der Waals surface area contributed by atoms with Crippen molar-refractivity contribution in [2.24, 2.45) is 5.92 Å². The summed E-state index contributed by atoms with van der Waals surface area (Å²) in [6, 6.07) is 36.7. The number of ether oxygens (including phenoxy) is 1. The first-order valence-electron chi connectivity index (χ1n) is 15.9. The molecule has 5 nitrogen and oxygen atoms in total. The van der Waals surface area contributed by atoms with Gasteiger partial charge in [-0.1, -0.05) is 75.7 Å². The Morgan fingerprint density at radius 3 is 2.28 bits per heavy atom. The van der Waals surface area contributed by atoms with Crippen molar-refractivity contribution in [1.29, 1.82) is 0 Å². The standard InChI is InChI=1S/C41H38N4O.Pt/c1-25(2)28(5)32-13-16-38-37(22-32)36-15-14-34(24-39(36)44(38)40-21-26(3)17-18-42-40)46-35-20-27(4)19-33(23-35)45-30(7)41(29(6)43-45)31-11-9-8-10-12-31;/h8-22,25,28H,1-7H3;/q-2;+2. The van der Waals surface area contributed by atoms with Crippen LogP contribution >= 0.6 is 0 Å². The van der Waals surface area contributed by atoms with Crippen molar-refractivity contribution in [3.8, 4) is 34.1 Å². The average molecular weight is 798 g/mol. The van der Waals surface area contributed by atoms with E-state index >= 15 is 0 Å².